The number of rotatable bonds is 8. The van der Waals surface area contributed by atoms with E-state index in [1.807, 2.05) is 42.5 Å². The van der Waals surface area contributed by atoms with Crippen molar-refractivity contribution in [3.8, 4) is 16.9 Å². The number of benzene rings is 3. The second kappa shape index (κ2) is 12.0. The molecule has 1 aliphatic carbocycles. The van der Waals surface area contributed by atoms with Gasteiger partial charge in [0.2, 0.25) is 0 Å². The SMILES string of the molecule is Cn1cc(Cl)c(COc2ccc3nc([C@@H]4CCCC[C@@H]4C(=O)O)n(Cc4ccc(-c5ccc(C(F)(F)F)cc5)cc4)c3c2)n1. The Balaban J connectivity index is 1.33. The lowest BCUT2D eigenvalue weighted by Gasteiger charge is -2.28. The fraction of sp³-hybridized carbons (Fsp3) is 0.303. The van der Waals surface area contributed by atoms with E-state index in [-0.39, 0.29) is 12.5 Å². The summed E-state index contributed by atoms with van der Waals surface area (Å²) in [6.45, 7) is 0.610. The van der Waals surface area contributed by atoms with Crippen LogP contribution in [0.2, 0.25) is 5.02 Å². The van der Waals surface area contributed by atoms with Crippen LogP contribution in [0, 0.1) is 5.92 Å². The van der Waals surface area contributed by atoms with Gasteiger partial charge in [-0.25, -0.2) is 4.98 Å². The number of carbonyl (C=O) groups is 1. The summed E-state index contributed by atoms with van der Waals surface area (Å²) in [5.41, 5.74) is 3.88. The Morgan fingerprint density at radius 1 is 1.02 bits per heavy atom. The fourth-order valence-corrected chi connectivity index (χ4v) is 6.22. The monoisotopic (exact) mass is 622 g/mol. The van der Waals surface area contributed by atoms with Crippen LogP contribution in [0.5, 0.6) is 5.75 Å². The summed E-state index contributed by atoms with van der Waals surface area (Å²) in [5, 5.41) is 14.9. The van der Waals surface area contributed by atoms with E-state index in [0.29, 0.717) is 35.0 Å². The highest BCUT2D eigenvalue weighted by atomic mass is 35.5. The number of hydrogen-bond donors (Lipinski definition) is 1. The molecule has 1 saturated carbocycles. The van der Waals surface area contributed by atoms with Gasteiger partial charge in [-0.1, -0.05) is 60.8 Å². The van der Waals surface area contributed by atoms with Gasteiger partial charge in [0.05, 0.1) is 27.5 Å². The quantitative estimate of drug-likeness (QED) is 0.189. The van der Waals surface area contributed by atoms with E-state index in [9.17, 15) is 23.1 Å². The minimum absolute atomic E-state index is 0.182. The third-order valence-electron chi connectivity index (χ3n) is 8.23. The van der Waals surface area contributed by atoms with Crippen molar-refractivity contribution in [2.75, 3.05) is 0 Å². The second-order valence-corrected chi connectivity index (χ2v) is 11.6. The lowest BCUT2D eigenvalue weighted by Crippen LogP contribution is -2.27. The number of aliphatic carboxylic acids is 1. The highest BCUT2D eigenvalue weighted by Crippen LogP contribution is 2.40. The Kier molecular flexibility index (Phi) is 8.11. The van der Waals surface area contributed by atoms with Crippen LogP contribution in [0.1, 0.15) is 54.2 Å². The molecule has 0 saturated heterocycles. The molecule has 44 heavy (non-hydrogen) atoms. The molecule has 1 fully saturated rings. The van der Waals surface area contributed by atoms with E-state index >= 15 is 0 Å². The van der Waals surface area contributed by atoms with E-state index in [4.69, 9.17) is 21.3 Å². The molecule has 2 aromatic heterocycles. The second-order valence-electron chi connectivity index (χ2n) is 11.2. The predicted octanol–water partition coefficient (Wildman–Crippen LogP) is 8.09. The molecule has 5 aromatic rings. The Bertz CT molecular complexity index is 1800. The topological polar surface area (TPSA) is 82.2 Å². The van der Waals surface area contributed by atoms with Gasteiger partial charge in [0.1, 0.15) is 23.9 Å². The van der Waals surface area contributed by atoms with Crippen molar-refractivity contribution >= 4 is 28.6 Å². The molecular weight excluding hydrogens is 593 g/mol. The number of aromatic nitrogens is 4. The average molecular weight is 623 g/mol. The van der Waals surface area contributed by atoms with Crippen LogP contribution in [-0.4, -0.2) is 30.4 Å². The minimum Gasteiger partial charge on any atom is -0.487 e. The van der Waals surface area contributed by atoms with Gasteiger partial charge in [0.15, 0.2) is 0 Å². The molecule has 2 heterocycles. The summed E-state index contributed by atoms with van der Waals surface area (Å²) in [6, 6.07) is 18.3. The molecule has 2 atom stereocenters. The van der Waals surface area contributed by atoms with Crippen molar-refractivity contribution in [1.29, 1.82) is 0 Å². The third kappa shape index (κ3) is 6.17. The molecule has 1 aliphatic rings. The van der Waals surface area contributed by atoms with Crippen LogP contribution in [0.15, 0.2) is 72.9 Å². The van der Waals surface area contributed by atoms with Crippen molar-refractivity contribution in [3.63, 3.8) is 0 Å². The molecule has 3 aromatic carbocycles. The first-order chi connectivity index (χ1) is 21.1. The van der Waals surface area contributed by atoms with Crippen LogP contribution in [-0.2, 0) is 31.2 Å². The molecular formula is C33H30ClF3N4O3. The molecule has 11 heteroatoms. The first-order valence-electron chi connectivity index (χ1n) is 14.4. The Hall–Kier alpha value is -4.31. The summed E-state index contributed by atoms with van der Waals surface area (Å²) in [4.78, 5) is 17.2. The summed E-state index contributed by atoms with van der Waals surface area (Å²) in [5.74, 6) is -0.252. The van der Waals surface area contributed by atoms with Gasteiger partial charge in [-0.2, -0.15) is 18.3 Å². The predicted molar refractivity (Wildman–Crippen MR) is 161 cm³/mol. The van der Waals surface area contributed by atoms with Gasteiger partial charge in [-0.15, -0.1) is 0 Å². The van der Waals surface area contributed by atoms with E-state index in [2.05, 4.69) is 9.67 Å². The molecule has 0 radical (unpaired) electrons. The number of carboxylic acids is 1. The highest BCUT2D eigenvalue weighted by Gasteiger charge is 2.35. The van der Waals surface area contributed by atoms with Crippen molar-refractivity contribution in [3.05, 3.63) is 101 Å². The number of aryl methyl sites for hydroxylation is 1. The molecule has 0 aliphatic heterocycles. The van der Waals surface area contributed by atoms with Crippen molar-refractivity contribution in [2.24, 2.45) is 13.0 Å². The maximum atomic E-state index is 13.0. The van der Waals surface area contributed by atoms with Crippen LogP contribution in [0.25, 0.3) is 22.2 Å². The lowest BCUT2D eigenvalue weighted by atomic mass is 9.78. The number of ether oxygens (including phenoxy) is 1. The molecule has 228 valence electrons. The molecule has 1 N–H and O–H groups in total. The summed E-state index contributed by atoms with van der Waals surface area (Å²) >= 11 is 6.25. The van der Waals surface area contributed by atoms with E-state index in [1.165, 1.54) is 12.1 Å². The van der Waals surface area contributed by atoms with E-state index in [1.54, 1.807) is 17.9 Å². The first-order valence-corrected chi connectivity index (χ1v) is 14.7. The lowest BCUT2D eigenvalue weighted by molar-refractivity contribution is -0.143. The Labute approximate surface area is 256 Å². The molecule has 0 unspecified atom stereocenters. The number of imidazole rings is 1. The average Bonchev–Trinajstić information content (AvgIpc) is 3.53. The number of halogens is 4. The van der Waals surface area contributed by atoms with Crippen molar-refractivity contribution in [1.82, 2.24) is 19.3 Å². The van der Waals surface area contributed by atoms with Gasteiger partial charge >= 0.3 is 12.1 Å². The van der Waals surface area contributed by atoms with Crippen molar-refractivity contribution < 1.29 is 27.8 Å². The summed E-state index contributed by atoms with van der Waals surface area (Å²) in [6.07, 6.45) is 0.448. The number of hydrogen-bond acceptors (Lipinski definition) is 4. The van der Waals surface area contributed by atoms with Gasteiger partial charge in [-0.05, 0) is 53.8 Å². The maximum Gasteiger partial charge on any atom is 0.416 e. The van der Waals surface area contributed by atoms with Crippen LogP contribution in [0.4, 0.5) is 13.2 Å². The van der Waals surface area contributed by atoms with Gasteiger partial charge in [-0.3, -0.25) is 9.48 Å². The van der Waals surface area contributed by atoms with E-state index in [0.717, 1.165) is 59.4 Å². The normalized spacial score (nSPS) is 17.2. The van der Waals surface area contributed by atoms with Gasteiger partial charge in [0, 0.05) is 31.8 Å². The van der Waals surface area contributed by atoms with Crippen LogP contribution in [0.3, 0.4) is 0 Å². The van der Waals surface area contributed by atoms with Gasteiger partial charge in [0.25, 0.3) is 0 Å². The van der Waals surface area contributed by atoms with Crippen LogP contribution < -0.4 is 4.74 Å². The summed E-state index contributed by atoms with van der Waals surface area (Å²) in [7, 11) is 1.78. The molecule has 7 nitrogen and oxygen atoms in total. The zero-order valence-corrected chi connectivity index (χ0v) is 24.6. The maximum absolute atomic E-state index is 13.0. The van der Waals surface area contributed by atoms with Crippen LogP contribution >= 0.6 is 11.6 Å². The number of alkyl halides is 3. The Morgan fingerprint density at radius 3 is 2.34 bits per heavy atom. The number of fused-ring (bicyclic) bond motifs is 1. The zero-order chi connectivity index (χ0) is 31.0. The smallest absolute Gasteiger partial charge is 0.416 e. The minimum atomic E-state index is -4.39. The summed E-state index contributed by atoms with van der Waals surface area (Å²) < 4.78 is 48.8. The molecule has 6 rings (SSSR count). The van der Waals surface area contributed by atoms with E-state index < -0.39 is 23.6 Å². The molecule has 0 spiro atoms. The molecule has 0 bridgehead atoms. The third-order valence-corrected chi connectivity index (χ3v) is 8.55. The first kappa shape index (κ1) is 29.7. The Morgan fingerprint density at radius 2 is 1.70 bits per heavy atom. The number of carboxylic acid groups (broad SMARTS) is 1. The largest absolute Gasteiger partial charge is 0.487 e. The van der Waals surface area contributed by atoms with Gasteiger partial charge < -0.3 is 14.4 Å². The fourth-order valence-electron chi connectivity index (χ4n) is 5.99. The van der Waals surface area contributed by atoms with Crippen molar-refractivity contribution in [2.45, 2.75) is 50.9 Å². The number of nitrogens with zero attached hydrogens (tertiary/aromatic N) is 4. The standard InChI is InChI=1S/C33H30ClF3N4O3/c1-40-18-27(34)29(39-40)19-44-24-14-15-28-30(16-24)41(31(38-28)25-4-2-3-5-26(25)32(42)43)17-20-6-8-21(9-7-20)22-10-12-23(13-11-22)33(35,36)37/h6-16,18,25-26H,2-5,17,19H2,1H3,(H,42,43)/t25-,26+/m1/s1. The zero-order valence-electron chi connectivity index (χ0n) is 23.9. The molecule has 0 amide bonds. The highest BCUT2D eigenvalue weighted by molar-refractivity contribution is 6.31.